The molecule has 2 aromatic heterocycles. The van der Waals surface area contributed by atoms with Crippen molar-refractivity contribution in [3.63, 3.8) is 0 Å². The molecule has 0 amide bonds. The Morgan fingerprint density at radius 1 is 1.09 bits per heavy atom. The molecule has 1 aliphatic rings. The molecule has 1 saturated carbocycles. The minimum absolute atomic E-state index is 0.458. The van der Waals surface area contributed by atoms with Gasteiger partial charge in [-0.2, -0.15) is 4.98 Å². The van der Waals surface area contributed by atoms with Crippen molar-refractivity contribution in [2.45, 2.75) is 31.7 Å². The van der Waals surface area contributed by atoms with Crippen LogP contribution in [-0.4, -0.2) is 26.6 Å². The molecular weight excluding hydrogens is 276 g/mol. The number of ether oxygens (including phenoxy) is 1. The number of imidazole rings is 1. The average Bonchev–Trinajstić information content (AvgIpc) is 3.22. The van der Waals surface area contributed by atoms with Gasteiger partial charge in [-0.05, 0) is 12.8 Å². The number of hydrogen-bond acceptors (Lipinski definition) is 4. The fourth-order valence-corrected chi connectivity index (χ4v) is 3.34. The molecule has 1 aliphatic carbocycles. The van der Waals surface area contributed by atoms with Crippen LogP contribution in [0.1, 0.15) is 31.7 Å². The van der Waals surface area contributed by atoms with Crippen LogP contribution in [0, 0.1) is 0 Å². The van der Waals surface area contributed by atoms with Crippen molar-refractivity contribution in [1.29, 1.82) is 0 Å². The van der Waals surface area contributed by atoms with E-state index in [0.717, 1.165) is 22.6 Å². The molecule has 2 heterocycles. The summed E-state index contributed by atoms with van der Waals surface area (Å²) in [5.41, 5.74) is 2.72. The van der Waals surface area contributed by atoms with Crippen LogP contribution < -0.4 is 4.74 Å². The van der Waals surface area contributed by atoms with Gasteiger partial charge >= 0.3 is 0 Å². The van der Waals surface area contributed by atoms with Crippen LogP contribution in [0.5, 0.6) is 5.88 Å². The highest BCUT2D eigenvalue weighted by Crippen LogP contribution is 2.37. The average molecular weight is 294 g/mol. The second kappa shape index (κ2) is 5.40. The first-order chi connectivity index (χ1) is 10.9. The summed E-state index contributed by atoms with van der Waals surface area (Å²) in [7, 11) is 1.62. The molecular formula is C17H18N4O. The van der Waals surface area contributed by atoms with Crippen molar-refractivity contribution >= 4 is 11.2 Å². The Hall–Kier alpha value is -2.43. The molecule has 0 spiro atoms. The van der Waals surface area contributed by atoms with Crippen LogP contribution in [0.15, 0.2) is 36.7 Å². The largest absolute Gasteiger partial charge is 0.479 e. The number of rotatable bonds is 3. The first-order valence-corrected chi connectivity index (χ1v) is 7.71. The third kappa shape index (κ3) is 2.04. The third-order valence-electron chi connectivity index (χ3n) is 4.36. The van der Waals surface area contributed by atoms with E-state index < -0.39 is 0 Å². The van der Waals surface area contributed by atoms with Gasteiger partial charge in [-0.15, -0.1) is 0 Å². The summed E-state index contributed by atoms with van der Waals surface area (Å²) in [6.45, 7) is 0. The number of nitrogens with zero attached hydrogens (tertiary/aromatic N) is 4. The number of benzene rings is 1. The lowest BCUT2D eigenvalue weighted by Crippen LogP contribution is -2.07. The van der Waals surface area contributed by atoms with E-state index in [0.29, 0.717) is 11.9 Å². The van der Waals surface area contributed by atoms with Crippen LogP contribution >= 0.6 is 0 Å². The van der Waals surface area contributed by atoms with E-state index in [-0.39, 0.29) is 0 Å². The second-order valence-corrected chi connectivity index (χ2v) is 5.66. The van der Waals surface area contributed by atoms with Gasteiger partial charge in [0, 0.05) is 11.6 Å². The lowest BCUT2D eigenvalue weighted by molar-refractivity contribution is 0.401. The maximum Gasteiger partial charge on any atom is 0.245 e. The highest BCUT2D eigenvalue weighted by molar-refractivity contribution is 5.81. The number of hydrogen-bond donors (Lipinski definition) is 0. The molecule has 0 saturated heterocycles. The van der Waals surface area contributed by atoms with E-state index in [9.17, 15) is 0 Å². The Labute approximate surface area is 129 Å². The van der Waals surface area contributed by atoms with Gasteiger partial charge in [0.2, 0.25) is 5.88 Å². The van der Waals surface area contributed by atoms with Gasteiger partial charge in [-0.1, -0.05) is 43.2 Å². The Morgan fingerprint density at radius 2 is 1.86 bits per heavy atom. The molecule has 5 nitrogen and oxygen atoms in total. The van der Waals surface area contributed by atoms with E-state index in [1.54, 1.807) is 13.4 Å². The second-order valence-electron chi connectivity index (χ2n) is 5.66. The lowest BCUT2D eigenvalue weighted by Gasteiger charge is -2.15. The molecule has 4 rings (SSSR count). The van der Waals surface area contributed by atoms with Gasteiger partial charge < -0.3 is 9.30 Å². The zero-order valence-corrected chi connectivity index (χ0v) is 12.6. The molecule has 5 heteroatoms. The fourth-order valence-electron chi connectivity index (χ4n) is 3.34. The van der Waals surface area contributed by atoms with Gasteiger partial charge in [0.25, 0.3) is 0 Å². The summed E-state index contributed by atoms with van der Waals surface area (Å²) in [6.07, 6.45) is 6.44. The van der Waals surface area contributed by atoms with Crippen LogP contribution in [0.4, 0.5) is 0 Å². The number of aromatic nitrogens is 4. The van der Waals surface area contributed by atoms with Crippen LogP contribution in [0.2, 0.25) is 0 Å². The van der Waals surface area contributed by atoms with Crippen LogP contribution in [0.3, 0.4) is 0 Å². The predicted molar refractivity (Wildman–Crippen MR) is 84.8 cm³/mol. The fraction of sp³-hybridized carbons (Fsp3) is 0.353. The van der Waals surface area contributed by atoms with Gasteiger partial charge in [-0.3, -0.25) is 0 Å². The summed E-state index contributed by atoms with van der Waals surface area (Å²) in [6, 6.07) is 10.7. The molecule has 0 bridgehead atoms. The normalized spacial score (nSPS) is 15.5. The molecule has 1 aromatic carbocycles. The van der Waals surface area contributed by atoms with E-state index in [2.05, 4.69) is 26.7 Å². The molecule has 0 aliphatic heterocycles. The van der Waals surface area contributed by atoms with Crippen molar-refractivity contribution < 1.29 is 4.74 Å². The Morgan fingerprint density at radius 3 is 2.59 bits per heavy atom. The van der Waals surface area contributed by atoms with Gasteiger partial charge in [0.1, 0.15) is 12.2 Å². The standard InChI is InChI=1S/C17H18N4O/c1-22-17-14-16(18-11-19-17)21(13-9-5-6-10-13)15(20-14)12-7-3-2-4-8-12/h2-4,7-8,11,13H,5-6,9-10H2,1H3. The van der Waals surface area contributed by atoms with E-state index in [1.165, 1.54) is 25.7 Å². The highest BCUT2D eigenvalue weighted by Gasteiger charge is 2.25. The van der Waals surface area contributed by atoms with Crippen molar-refractivity contribution in [2.75, 3.05) is 7.11 Å². The molecule has 112 valence electrons. The molecule has 0 radical (unpaired) electrons. The van der Waals surface area contributed by atoms with Gasteiger partial charge in [0.05, 0.1) is 7.11 Å². The Balaban J connectivity index is 1.99. The maximum absolute atomic E-state index is 5.37. The van der Waals surface area contributed by atoms with Gasteiger partial charge in [0.15, 0.2) is 11.2 Å². The smallest absolute Gasteiger partial charge is 0.245 e. The zero-order chi connectivity index (χ0) is 14.9. The highest BCUT2D eigenvalue weighted by atomic mass is 16.5. The summed E-state index contributed by atoms with van der Waals surface area (Å²) in [5.74, 6) is 1.50. The van der Waals surface area contributed by atoms with Gasteiger partial charge in [-0.25, -0.2) is 9.97 Å². The predicted octanol–water partition coefficient (Wildman–Crippen LogP) is 3.62. The first kappa shape index (κ1) is 13.2. The summed E-state index contributed by atoms with van der Waals surface area (Å²) >= 11 is 0. The van der Waals surface area contributed by atoms with E-state index >= 15 is 0 Å². The Kier molecular flexibility index (Phi) is 3.25. The molecule has 22 heavy (non-hydrogen) atoms. The lowest BCUT2D eigenvalue weighted by atomic mass is 10.2. The monoisotopic (exact) mass is 294 g/mol. The summed E-state index contributed by atoms with van der Waals surface area (Å²) < 4.78 is 7.65. The minimum Gasteiger partial charge on any atom is -0.479 e. The van der Waals surface area contributed by atoms with Crippen molar-refractivity contribution in [1.82, 2.24) is 19.5 Å². The van der Waals surface area contributed by atoms with E-state index in [1.807, 2.05) is 18.2 Å². The molecule has 1 fully saturated rings. The van der Waals surface area contributed by atoms with Crippen LogP contribution in [-0.2, 0) is 0 Å². The first-order valence-electron chi connectivity index (χ1n) is 7.71. The quantitative estimate of drug-likeness (QED) is 0.740. The van der Waals surface area contributed by atoms with Crippen LogP contribution in [0.25, 0.3) is 22.6 Å². The zero-order valence-electron chi connectivity index (χ0n) is 12.6. The minimum atomic E-state index is 0.458. The molecule has 0 atom stereocenters. The number of fused-ring (bicyclic) bond motifs is 1. The van der Waals surface area contributed by atoms with Crippen molar-refractivity contribution in [2.24, 2.45) is 0 Å². The summed E-state index contributed by atoms with van der Waals surface area (Å²) in [4.78, 5) is 13.5. The summed E-state index contributed by atoms with van der Waals surface area (Å²) in [5, 5.41) is 0. The molecule has 0 unspecified atom stereocenters. The van der Waals surface area contributed by atoms with Crippen molar-refractivity contribution in [3.8, 4) is 17.3 Å². The number of methoxy groups -OCH3 is 1. The maximum atomic E-state index is 5.37. The van der Waals surface area contributed by atoms with Crippen molar-refractivity contribution in [3.05, 3.63) is 36.7 Å². The third-order valence-corrected chi connectivity index (χ3v) is 4.36. The Bertz CT molecular complexity index is 791. The SMILES string of the molecule is COc1ncnc2c1nc(-c1ccccc1)n2C1CCCC1. The molecule has 0 N–H and O–H groups in total. The van der Waals surface area contributed by atoms with E-state index in [4.69, 9.17) is 9.72 Å². The topological polar surface area (TPSA) is 52.8 Å². The molecule has 3 aromatic rings.